The SMILES string of the molecule is CCCC(C)NC(=O)CN(C)CCCC(=O)OC. The second-order valence-electron chi connectivity index (χ2n) is 4.67. The molecule has 5 heteroatoms. The highest BCUT2D eigenvalue weighted by Crippen LogP contribution is 1.97. The van der Waals surface area contributed by atoms with Gasteiger partial charge in [0.2, 0.25) is 5.91 Å². The molecular weight excluding hydrogens is 232 g/mol. The van der Waals surface area contributed by atoms with E-state index >= 15 is 0 Å². The van der Waals surface area contributed by atoms with Gasteiger partial charge in [0.05, 0.1) is 13.7 Å². The standard InChI is InChI=1S/C13H26N2O3/c1-5-7-11(2)14-12(16)10-15(3)9-6-8-13(17)18-4/h11H,5-10H2,1-4H3,(H,14,16). The molecule has 5 nitrogen and oxygen atoms in total. The number of methoxy groups -OCH3 is 1. The third-order valence-corrected chi connectivity index (χ3v) is 2.69. The van der Waals surface area contributed by atoms with E-state index in [-0.39, 0.29) is 17.9 Å². The van der Waals surface area contributed by atoms with E-state index < -0.39 is 0 Å². The fourth-order valence-electron chi connectivity index (χ4n) is 1.75. The number of hydrogen-bond acceptors (Lipinski definition) is 4. The molecule has 1 atom stereocenters. The van der Waals surface area contributed by atoms with E-state index in [0.717, 1.165) is 12.8 Å². The lowest BCUT2D eigenvalue weighted by Crippen LogP contribution is -2.40. The van der Waals surface area contributed by atoms with Crippen LogP contribution in [0, 0.1) is 0 Å². The van der Waals surface area contributed by atoms with Crippen molar-refractivity contribution in [1.29, 1.82) is 0 Å². The maximum Gasteiger partial charge on any atom is 0.305 e. The Balaban J connectivity index is 3.70. The molecule has 0 radical (unpaired) electrons. The predicted molar refractivity (Wildman–Crippen MR) is 71.3 cm³/mol. The summed E-state index contributed by atoms with van der Waals surface area (Å²) in [7, 11) is 3.26. The summed E-state index contributed by atoms with van der Waals surface area (Å²) in [5.74, 6) is -0.166. The summed E-state index contributed by atoms with van der Waals surface area (Å²) >= 11 is 0. The van der Waals surface area contributed by atoms with Crippen LogP contribution < -0.4 is 5.32 Å². The van der Waals surface area contributed by atoms with E-state index in [1.165, 1.54) is 7.11 Å². The normalized spacial score (nSPS) is 12.3. The number of hydrogen-bond donors (Lipinski definition) is 1. The van der Waals surface area contributed by atoms with Gasteiger partial charge in [0.1, 0.15) is 0 Å². The van der Waals surface area contributed by atoms with Crippen molar-refractivity contribution in [2.45, 2.75) is 45.6 Å². The Hall–Kier alpha value is -1.10. The number of likely N-dealkylation sites (N-methyl/N-ethyl adjacent to an activating group) is 1. The maximum absolute atomic E-state index is 11.6. The number of esters is 1. The summed E-state index contributed by atoms with van der Waals surface area (Å²) in [4.78, 5) is 24.5. The summed E-state index contributed by atoms with van der Waals surface area (Å²) in [6.45, 7) is 5.19. The Bertz CT molecular complexity index is 257. The summed E-state index contributed by atoms with van der Waals surface area (Å²) in [5, 5.41) is 2.95. The highest BCUT2D eigenvalue weighted by molar-refractivity contribution is 5.78. The van der Waals surface area contributed by atoms with E-state index in [9.17, 15) is 9.59 Å². The fraction of sp³-hybridized carbons (Fsp3) is 0.846. The minimum Gasteiger partial charge on any atom is -0.469 e. The lowest BCUT2D eigenvalue weighted by molar-refractivity contribution is -0.140. The highest BCUT2D eigenvalue weighted by Gasteiger charge is 2.09. The largest absolute Gasteiger partial charge is 0.469 e. The molecule has 1 amide bonds. The zero-order valence-electron chi connectivity index (χ0n) is 12.0. The van der Waals surface area contributed by atoms with Crippen LogP contribution >= 0.6 is 0 Å². The average molecular weight is 258 g/mol. The summed E-state index contributed by atoms with van der Waals surface area (Å²) in [6, 6.07) is 0.228. The molecule has 1 N–H and O–H groups in total. The van der Waals surface area contributed by atoms with Crippen molar-refractivity contribution in [1.82, 2.24) is 10.2 Å². The van der Waals surface area contributed by atoms with E-state index in [4.69, 9.17) is 0 Å². The monoisotopic (exact) mass is 258 g/mol. The van der Waals surface area contributed by atoms with E-state index in [0.29, 0.717) is 25.9 Å². The van der Waals surface area contributed by atoms with Crippen LogP contribution in [0.2, 0.25) is 0 Å². The number of nitrogens with one attached hydrogen (secondary N) is 1. The zero-order chi connectivity index (χ0) is 14.0. The molecule has 1 unspecified atom stereocenters. The minimum atomic E-state index is -0.204. The first kappa shape index (κ1) is 16.9. The number of carbonyl (C=O) groups excluding carboxylic acids is 2. The maximum atomic E-state index is 11.6. The second kappa shape index (κ2) is 9.88. The van der Waals surface area contributed by atoms with Crippen molar-refractivity contribution < 1.29 is 14.3 Å². The van der Waals surface area contributed by atoms with Crippen molar-refractivity contribution in [3.05, 3.63) is 0 Å². The molecular formula is C13H26N2O3. The van der Waals surface area contributed by atoms with Crippen molar-refractivity contribution in [2.24, 2.45) is 0 Å². The molecule has 0 fully saturated rings. The number of ether oxygens (including phenoxy) is 1. The van der Waals surface area contributed by atoms with Gasteiger partial charge in [-0.1, -0.05) is 13.3 Å². The van der Waals surface area contributed by atoms with Gasteiger partial charge in [0.15, 0.2) is 0 Å². The molecule has 0 aliphatic rings. The molecule has 0 spiro atoms. The van der Waals surface area contributed by atoms with Gasteiger partial charge < -0.3 is 10.1 Å². The Morgan fingerprint density at radius 3 is 2.61 bits per heavy atom. The zero-order valence-corrected chi connectivity index (χ0v) is 12.0. The molecule has 0 rings (SSSR count). The van der Waals surface area contributed by atoms with Crippen LogP contribution in [-0.2, 0) is 14.3 Å². The number of nitrogens with zero attached hydrogens (tertiary/aromatic N) is 1. The Morgan fingerprint density at radius 2 is 2.06 bits per heavy atom. The molecule has 0 aliphatic heterocycles. The van der Waals surface area contributed by atoms with Crippen LogP contribution in [0.1, 0.15) is 39.5 Å². The van der Waals surface area contributed by atoms with Crippen LogP contribution in [0.15, 0.2) is 0 Å². The lowest BCUT2D eigenvalue weighted by atomic mass is 10.2. The quantitative estimate of drug-likeness (QED) is 0.631. The summed E-state index contributed by atoms with van der Waals surface area (Å²) < 4.78 is 4.56. The molecule has 0 aromatic rings. The van der Waals surface area contributed by atoms with Gasteiger partial charge in [-0.3, -0.25) is 14.5 Å². The van der Waals surface area contributed by atoms with Crippen LogP contribution in [0.4, 0.5) is 0 Å². The average Bonchev–Trinajstić information content (AvgIpc) is 2.28. The summed E-state index contributed by atoms with van der Waals surface area (Å²) in [5.41, 5.74) is 0. The number of amides is 1. The molecule has 0 saturated carbocycles. The predicted octanol–water partition coefficient (Wildman–Crippen LogP) is 1.18. The van der Waals surface area contributed by atoms with Crippen molar-refractivity contribution in [2.75, 3.05) is 27.2 Å². The van der Waals surface area contributed by atoms with Crippen LogP contribution in [0.5, 0.6) is 0 Å². The first-order chi connectivity index (χ1) is 8.49. The molecule has 0 bridgehead atoms. The molecule has 0 aliphatic carbocycles. The Labute approximate surface area is 110 Å². The summed E-state index contributed by atoms with van der Waals surface area (Å²) in [6.07, 6.45) is 3.17. The van der Waals surface area contributed by atoms with E-state index in [1.807, 2.05) is 18.9 Å². The van der Waals surface area contributed by atoms with Crippen molar-refractivity contribution >= 4 is 11.9 Å². The third kappa shape index (κ3) is 8.98. The van der Waals surface area contributed by atoms with Gasteiger partial charge in [-0.05, 0) is 33.4 Å². The Kier molecular flexibility index (Phi) is 9.28. The minimum absolute atomic E-state index is 0.0384. The van der Waals surface area contributed by atoms with Crippen molar-refractivity contribution in [3.63, 3.8) is 0 Å². The molecule has 106 valence electrons. The van der Waals surface area contributed by atoms with Gasteiger partial charge >= 0.3 is 5.97 Å². The van der Waals surface area contributed by atoms with E-state index in [2.05, 4.69) is 17.0 Å². The van der Waals surface area contributed by atoms with E-state index in [1.54, 1.807) is 0 Å². The molecule has 0 heterocycles. The van der Waals surface area contributed by atoms with Gasteiger partial charge in [0.25, 0.3) is 0 Å². The van der Waals surface area contributed by atoms with Crippen LogP contribution in [0.25, 0.3) is 0 Å². The lowest BCUT2D eigenvalue weighted by Gasteiger charge is -2.18. The Morgan fingerprint density at radius 1 is 1.39 bits per heavy atom. The molecule has 0 aromatic carbocycles. The molecule has 0 saturated heterocycles. The first-order valence-corrected chi connectivity index (χ1v) is 6.54. The molecule has 18 heavy (non-hydrogen) atoms. The van der Waals surface area contributed by atoms with Crippen molar-refractivity contribution in [3.8, 4) is 0 Å². The van der Waals surface area contributed by atoms with Crippen LogP contribution in [0.3, 0.4) is 0 Å². The highest BCUT2D eigenvalue weighted by atomic mass is 16.5. The number of carbonyl (C=O) groups is 2. The number of rotatable bonds is 9. The smallest absolute Gasteiger partial charge is 0.305 e. The van der Waals surface area contributed by atoms with Gasteiger partial charge in [-0.25, -0.2) is 0 Å². The topological polar surface area (TPSA) is 58.6 Å². The molecule has 0 aromatic heterocycles. The first-order valence-electron chi connectivity index (χ1n) is 6.54. The van der Waals surface area contributed by atoms with Gasteiger partial charge in [0, 0.05) is 12.5 Å². The van der Waals surface area contributed by atoms with Gasteiger partial charge in [-0.2, -0.15) is 0 Å². The van der Waals surface area contributed by atoms with Gasteiger partial charge in [-0.15, -0.1) is 0 Å². The van der Waals surface area contributed by atoms with Crippen LogP contribution in [-0.4, -0.2) is 50.1 Å². The third-order valence-electron chi connectivity index (χ3n) is 2.69. The fourth-order valence-corrected chi connectivity index (χ4v) is 1.75. The second-order valence-corrected chi connectivity index (χ2v) is 4.67.